The highest BCUT2D eigenvalue weighted by atomic mass is 35.5. The average Bonchev–Trinajstić information content (AvgIpc) is 2.76. The van der Waals surface area contributed by atoms with Crippen LogP contribution in [0.15, 0.2) is 18.2 Å². The van der Waals surface area contributed by atoms with Crippen LogP contribution in [0.2, 0.25) is 10.0 Å². The Bertz CT molecular complexity index is 1000. The van der Waals surface area contributed by atoms with Gasteiger partial charge in [0.05, 0.1) is 35.9 Å². The molecule has 2 rings (SSSR count). The Balaban J connectivity index is 2.16. The molecule has 0 radical (unpaired) electrons. The van der Waals surface area contributed by atoms with E-state index in [9.17, 15) is 29.1 Å². The van der Waals surface area contributed by atoms with E-state index in [1.165, 1.54) is 25.2 Å². The molecule has 4 N–H and O–H groups in total. The van der Waals surface area contributed by atoms with Gasteiger partial charge in [0, 0.05) is 12.1 Å². The molecule has 1 aliphatic heterocycles. The molecule has 11 nitrogen and oxygen atoms in total. The molecule has 0 spiro atoms. The van der Waals surface area contributed by atoms with E-state index in [2.05, 4.69) is 16.0 Å². The fraction of sp³-hybridized carbons (Fsp3) is 0.476. The van der Waals surface area contributed by atoms with E-state index in [0.29, 0.717) is 5.02 Å². The van der Waals surface area contributed by atoms with Crippen molar-refractivity contribution in [3.05, 3.63) is 33.8 Å². The number of carboxylic acids is 1. The maximum absolute atomic E-state index is 12.6. The lowest BCUT2D eigenvalue weighted by Crippen LogP contribution is -2.63. The van der Waals surface area contributed by atoms with Crippen LogP contribution in [-0.2, 0) is 28.5 Å². The first kappa shape index (κ1) is 28.4. The van der Waals surface area contributed by atoms with Crippen LogP contribution in [0.1, 0.15) is 43.5 Å². The molecule has 2 atom stereocenters. The molecule has 0 bridgehead atoms. The molecule has 1 aromatic carbocycles. The molecule has 14 heteroatoms. The Morgan fingerprint density at radius 2 is 1.91 bits per heavy atom. The Morgan fingerprint density at radius 1 is 1.23 bits per heavy atom. The van der Waals surface area contributed by atoms with Crippen LogP contribution in [-0.4, -0.2) is 67.0 Å². The van der Waals surface area contributed by atoms with E-state index in [-0.39, 0.29) is 22.9 Å². The van der Waals surface area contributed by atoms with Gasteiger partial charge in [-0.05, 0) is 30.5 Å². The Labute approximate surface area is 212 Å². The molecule has 0 unspecified atom stereocenters. The number of halogens is 2. The highest BCUT2D eigenvalue weighted by molar-refractivity contribution is 6.50. The minimum atomic E-state index is -2.00. The second-order valence-electron chi connectivity index (χ2n) is 8.41. The molecule has 3 amide bonds. The Morgan fingerprint density at radius 3 is 2.51 bits per heavy atom. The summed E-state index contributed by atoms with van der Waals surface area (Å²) < 4.78 is 11.0. The van der Waals surface area contributed by atoms with Crippen LogP contribution in [0.3, 0.4) is 0 Å². The molecular formula is C21H26BCl2N3O8. The monoisotopic (exact) mass is 529 g/mol. The second kappa shape index (κ2) is 12.2. The van der Waals surface area contributed by atoms with Gasteiger partial charge in [0.2, 0.25) is 5.91 Å². The molecule has 1 saturated heterocycles. The van der Waals surface area contributed by atoms with Crippen LogP contribution < -0.4 is 16.0 Å². The summed E-state index contributed by atoms with van der Waals surface area (Å²) in [5, 5.41) is 17.1. The Kier molecular flexibility index (Phi) is 9.93. The SMILES string of the molecule is CNC(=O)[C@@]1(CC(=O)O)CC(=O)OB([C@H](CC(C)C)NC(=O)CNC(=O)c2cc(Cl)ccc2Cl)O1. The van der Waals surface area contributed by atoms with Gasteiger partial charge < -0.3 is 30.4 Å². The van der Waals surface area contributed by atoms with Crippen LogP contribution in [0, 0.1) is 5.92 Å². The van der Waals surface area contributed by atoms with Crippen molar-refractivity contribution in [1.29, 1.82) is 0 Å². The zero-order valence-electron chi connectivity index (χ0n) is 19.4. The van der Waals surface area contributed by atoms with Crippen molar-refractivity contribution in [2.75, 3.05) is 13.6 Å². The summed E-state index contributed by atoms with van der Waals surface area (Å²) in [6.45, 7) is 3.23. The van der Waals surface area contributed by atoms with Gasteiger partial charge in [0.1, 0.15) is 0 Å². The number of benzene rings is 1. The van der Waals surface area contributed by atoms with Crippen molar-refractivity contribution in [2.24, 2.45) is 5.92 Å². The number of carboxylic acid groups (broad SMARTS) is 1. The lowest BCUT2D eigenvalue weighted by molar-refractivity contribution is -0.164. The molecule has 0 saturated carbocycles. The third kappa shape index (κ3) is 7.84. The lowest BCUT2D eigenvalue weighted by atomic mass is 9.70. The number of rotatable bonds is 10. The molecular weight excluding hydrogens is 504 g/mol. The number of amides is 3. The van der Waals surface area contributed by atoms with Gasteiger partial charge in [0.15, 0.2) is 5.60 Å². The van der Waals surface area contributed by atoms with E-state index >= 15 is 0 Å². The van der Waals surface area contributed by atoms with Gasteiger partial charge in [0.25, 0.3) is 17.8 Å². The van der Waals surface area contributed by atoms with Gasteiger partial charge in [-0.1, -0.05) is 37.0 Å². The van der Waals surface area contributed by atoms with E-state index in [0.717, 1.165) is 0 Å². The number of carbonyl (C=O) groups is 5. The molecule has 1 fully saturated rings. The quantitative estimate of drug-likeness (QED) is 0.329. The van der Waals surface area contributed by atoms with E-state index in [1.807, 2.05) is 13.8 Å². The van der Waals surface area contributed by atoms with Crippen LogP contribution in [0.25, 0.3) is 0 Å². The lowest BCUT2D eigenvalue weighted by Gasteiger charge is -2.39. The van der Waals surface area contributed by atoms with Gasteiger partial charge in [-0.3, -0.25) is 24.0 Å². The van der Waals surface area contributed by atoms with E-state index in [1.54, 1.807) is 0 Å². The number of likely N-dealkylation sites (N-methyl/N-ethyl adjacent to an activating group) is 1. The zero-order chi connectivity index (χ0) is 26.3. The predicted octanol–water partition coefficient (Wildman–Crippen LogP) is 1.20. The summed E-state index contributed by atoms with van der Waals surface area (Å²) in [4.78, 5) is 61.2. The zero-order valence-corrected chi connectivity index (χ0v) is 20.9. The summed E-state index contributed by atoms with van der Waals surface area (Å²) in [6.07, 6.45) is -1.13. The number of hydrogen-bond acceptors (Lipinski definition) is 7. The van der Waals surface area contributed by atoms with E-state index in [4.69, 9.17) is 32.5 Å². The summed E-state index contributed by atoms with van der Waals surface area (Å²) >= 11 is 11.9. The maximum Gasteiger partial charge on any atom is 0.552 e. The fourth-order valence-electron chi connectivity index (χ4n) is 3.58. The summed E-state index contributed by atoms with van der Waals surface area (Å²) in [5.74, 6) is -5.23. The topological polar surface area (TPSA) is 160 Å². The fourth-order valence-corrected chi connectivity index (χ4v) is 3.95. The third-order valence-corrected chi connectivity index (χ3v) is 5.64. The first-order valence-electron chi connectivity index (χ1n) is 10.7. The number of aliphatic carboxylic acids is 1. The number of hydrogen-bond donors (Lipinski definition) is 4. The predicted molar refractivity (Wildman–Crippen MR) is 127 cm³/mol. The smallest absolute Gasteiger partial charge is 0.508 e. The van der Waals surface area contributed by atoms with Crippen LogP contribution in [0.4, 0.5) is 0 Å². The maximum atomic E-state index is 12.6. The van der Waals surface area contributed by atoms with Crippen molar-refractivity contribution < 1.29 is 38.4 Å². The van der Waals surface area contributed by atoms with Crippen molar-refractivity contribution >= 4 is 60.0 Å². The van der Waals surface area contributed by atoms with Gasteiger partial charge in [-0.2, -0.15) is 0 Å². The third-order valence-electron chi connectivity index (χ3n) is 5.08. The summed E-state index contributed by atoms with van der Waals surface area (Å²) in [5.41, 5.74) is -1.92. The largest absolute Gasteiger partial charge is 0.552 e. The molecule has 35 heavy (non-hydrogen) atoms. The first-order chi connectivity index (χ1) is 16.4. The number of nitrogens with one attached hydrogen (secondary N) is 3. The first-order valence-corrected chi connectivity index (χ1v) is 11.5. The van der Waals surface area contributed by atoms with Crippen molar-refractivity contribution in [3.63, 3.8) is 0 Å². The average molecular weight is 530 g/mol. The van der Waals surface area contributed by atoms with Crippen molar-refractivity contribution in [2.45, 2.75) is 44.7 Å². The molecule has 1 heterocycles. The van der Waals surface area contributed by atoms with Crippen LogP contribution >= 0.6 is 23.2 Å². The molecule has 1 aliphatic rings. The van der Waals surface area contributed by atoms with Crippen LogP contribution in [0.5, 0.6) is 0 Å². The Hall–Kier alpha value is -2.83. The highest BCUT2D eigenvalue weighted by Gasteiger charge is 2.54. The van der Waals surface area contributed by atoms with E-state index < -0.39 is 67.7 Å². The standard InChI is InChI=1S/C21H26BCl2N3O8/c1-11(2)6-15(22-34-18(31)9-21(35-22,8-17(29)30)20(33)25-3)27-16(28)10-26-19(32)13-7-12(23)4-5-14(13)24/h4-5,7,11,15H,6,8-10H2,1-3H3,(H,25,33)(H,26,32)(H,27,28)(H,29,30)/t15-,21+/m0/s1. The van der Waals surface area contributed by atoms with Gasteiger partial charge in [-0.25, -0.2) is 0 Å². The molecule has 0 aromatic heterocycles. The van der Waals surface area contributed by atoms with Crippen molar-refractivity contribution in [1.82, 2.24) is 16.0 Å². The highest BCUT2D eigenvalue weighted by Crippen LogP contribution is 2.30. The minimum absolute atomic E-state index is 0.0155. The molecule has 190 valence electrons. The molecule has 1 aromatic rings. The van der Waals surface area contributed by atoms with Gasteiger partial charge in [-0.15, -0.1) is 0 Å². The normalized spacial score (nSPS) is 18.5. The minimum Gasteiger partial charge on any atom is -0.508 e. The molecule has 0 aliphatic carbocycles. The number of carbonyl (C=O) groups excluding carboxylic acids is 4. The van der Waals surface area contributed by atoms with Gasteiger partial charge >= 0.3 is 13.1 Å². The summed E-state index contributed by atoms with van der Waals surface area (Å²) in [7, 11) is -0.149. The summed E-state index contributed by atoms with van der Waals surface area (Å²) in [6, 6.07) is 4.31. The van der Waals surface area contributed by atoms with Crippen molar-refractivity contribution in [3.8, 4) is 0 Å². The second-order valence-corrected chi connectivity index (χ2v) is 9.25.